The number of hydrogen-bond acceptors (Lipinski definition) is 6. The van der Waals surface area contributed by atoms with E-state index in [1.54, 1.807) is 6.07 Å². The first kappa shape index (κ1) is 18.9. The summed E-state index contributed by atoms with van der Waals surface area (Å²) in [5, 5.41) is 6.66. The Labute approximate surface area is 160 Å². The highest BCUT2D eigenvalue weighted by Gasteiger charge is 2.26. The highest BCUT2D eigenvalue weighted by molar-refractivity contribution is 6.37. The van der Waals surface area contributed by atoms with Gasteiger partial charge in [0.2, 0.25) is 5.78 Å². The van der Waals surface area contributed by atoms with Crippen molar-refractivity contribution in [1.29, 1.82) is 0 Å². The number of Topliss-reactive ketones (excluding diaryl/α,β-unsaturated/α-hetero) is 1. The minimum Gasteiger partial charge on any atom is -0.363 e. The summed E-state index contributed by atoms with van der Waals surface area (Å²) in [5.74, 6) is -2.11. The van der Waals surface area contributed by atoms with Crippen molar-refractivity contribution in [3.05, 3.63) is 72.4 Å². The number of carbonyl (C=O) groups excluding carboxylic acids is 3. The van der Waals surface area contributed by atoms with E-state index < -0.39 is 23.6 Å². The number of carbonyl (C=O) groups is 3. The summed E-state index contributed by atoms with van der Waals surface area (Å²) in [6, 6.07) is 11.5. The van der Waals surface area contributed by atoms with E-state index in [1.165, 1.54) is 29.5 Å². The fourth-order valence-corrected chi connectivity index (χ4v) is 2.70. The van der Waals surface area contributed by atoms with Crippen LogP contribution in [0.4, 0.5) is 0 Å². The Hall–Kier alpha value is -3.88. The molecule has 2 heterocycles. The van der Waals surface area contributed by atoms with Gasteiger partial charge in [0.05, 0.1) is 12.2 Å². The average molecular weight is 378 g/mol. The second-order valence-corrected chi connectivity index (χ2v) is 5.97. The minimum absolute atomic E-state index is 0.167. The first-order chi connectivity index (χ1) is 13.6. The maximum absolute atomic E-state index is 12.7. The van der Waals surface area contributed by atoms with E-state index in [-0.39, 0.29) is 12.1 Å². The molecule has 0 fully saturated rings. The van der Waals surface area contributed by atoms with E-state index in [2.05, 4.69) is 20.4 Å². The number of ketones is 1. The van der Waals surface area contributed by atoms with Crippen molar-refractivity contribution < 1.29 is 14.4 Å². The molecule has 0 radical (unpaired) electrons. The van der Waals surface area contributed by atoms with Gasteiger partial charge in [-0.15, -0.1) is 0 Å². The summed E-state index contributed by atoms with van der Waals surface area (Å²) in [5.41, 5.74) is 6.29. The van der Waals surface area contributed by atoms with Crippen LogP contribution in [0.15, 0.2) is 61.2 Å². The van der Waals surface area contributed by atoms with E-state index in [0.717, 1.165) is 5.56 Å². The van der Waals surface area contributed by atoms with Crippen molar-refractivity contribution in [3.8, 4) is 5.82 Å². The number of rotatable bonds is 8. The van der Waals surface area contributed by atoms with Gasteiger partial charge in [0.15, 0.2) is 5.82 Å². The van der Waals surface area contributed by atoms with E-state index in [4.69, 9.17) is 5.73 Å². The molecule has 0 aliphatic carbocycles. The highest BCUT2D eigenvalue weighted by atomic mass is 16.2. The Balaban J connectivity index is 1.77. The summed E-state index contributed by atoms with van der Waals surface area (Å²) < 4.78 is 1.32. The highest BCUT2D eigenvalue weighted by Crippen LogP contribution is 2.10. The molecule has 0 aliphatic heterocycles. The van der Waals surface area contributed by atoms with Crippen LogP contribution in [0.1, 0.15) is 22.5 Å². The van der Waals surface area contributed by atoms with Crippen molar-refractivity contribution >= 4 is 17.6 Å². The van der Waals surface area contributed by atoms with Gasteiger partial charge in [-0.1, -0.05) is 30.3 Å². The lowest BCUT2D eigenvalue weighted by Crippen LogP contribution is -2.46. The van der Waals surface area contributed by atoms with Gasteiger partial charge in [0, 0.05) is 12.3 Å². The molecule has 9 heteroatoms. The molecule has 3 N–H and O–H groups in total. The van der Waals surface area contributed by atoms with Gasteiger partial charge in [0.25, 0.3) is 11.8 Å². The third-order valence-corrected chi connectivity index (χ3v) is 4.09. The van der Waals surface area contributed by atoms with Crippen LogP contribution in [-0.4, -0.2) is 43.4 Å². The maximum Gasteiger partial charge on any atom is 0.287 e. The molecule has 0 bridgehead atoms. The Kier molecular flexibility index (Phi) is 5.85. The van der Waals surface area contributed by atoms with E-state index in [1.807, 2.05) is 30.3 Å². The van der Waals surface area contributed by atoms with Crippen LogP contribution >= 0.6 is 0 Å². The number of nitrogens with one attached hydrogen (secondary N) is 1. The molecule has 142 valence electrons. The topological polar surface area (TPSA) is 133 Å². The van der Waals surface area contributed by atoms with Crippen molar-refractivity contribution in [2.24, 2.45) is 5.73 Å². The molecular formula is C19H18N6O3. The predicted molar refractivity (Wildman–Crippen MR) is 99.4 cm³/mol. The van der Waals surface area contributed by atoms with Crippen molar-refractivity contribution in [3.63, 3.8) is 0 Å². The molecule has 1 unspecified atom stereocenters. The lowest BCUT2D eigenvalue weighted by atomic mass is 10.0. The Morgan fingerprint density at radius 3 is 2.54 bits per heavy atom. The van der Waals surface area contributed by atoms with E-state index in [0.29, 0.717) is 12.2 Å². The van der Waals surface area contributed by atoms with Crippen LogP contribution in [0.25, 0.3) is 5.82 Å². The molecule has 9 nitrogen and oxygen atoms in total. The summed E-state index contributed by atoms with van der Waals surface area (Å²) in [7, 11) is 0. The van der Waals surface area contributed by atoms with Gasteiger partial charge in [-0.2, -0.15) is 5.10 Å². The Morgan fingerprint density at radius 1 is 1.07 bits per heavy atom. The van der Waals surface area contributed by atoms with Crippen molar-refractivity contribution in [1.82, 2.24) is 25.1 Å². The SMILES string of the molecule is NC(=O)C(=O)C(CCc1ccccc1)NC(=O)c1ccnn1-c1ccncn1. The lowest BCUT2D eigenvalue weighted by molar-refractivity contribution is -0.137. The normalized spacial score (nSPS) is 11.6. The number of amides is 2. The standard InChI is InChI=1S/C19H18N6O3/c20-18(27)17(26)14(7-6-13-4-2-1-3-5-13)24-19(28)15-8-11-23-25(15)16-9-10-21-12-22-16/h1-5,8-12,14H,6-7H2,(H2,20,27)(H,24,28). The summed E-state index contributed by atoms with van der Waals surface area (Å²) >= 11 is 0. The molecule has 28 heavy (non-hydrogen) atoms. The van der Waals surface area contributed by atoms with Gasteiger partial charge in [-0.25, -0.2) is 14.6 Å². The number of aromatic nitrogens is 4. The van der Waals surface area contributed by atoms with Crippen molar-refractivity contribution in [2.45, 2.75) is 18.9 Å². The van der Waals surface area contributed by atoms with Crippen LogP contribution in [0, 0.1) is 0 Å². The fraction of sp³-hybridized carbons (Fsp3) is 0.158. The van der Waals surface area contributed by atoms with Crippen LogP contribution in [0.5, 0.6) is 0 Å². The zero-order valence-corrected chi connectivity index (χ0v) is 14.9. The molecule has 3 rings (SSSR count). The first-order valence-corrected chi connectivity index (χ1v) is 8.55. The summed E-state index contributed by atoms with van der Waals surface area (Å²) in [4.78, 5) is 44.2. The largest absolute Gasteiger partial charge is 0.363 e. The van der Waals surface area contributed by atoms with Crippen LogP contribution in [0.2, 0.25) is 0 Å². The molecule has 2 aromatic heterocycles. The monoisotopic (exact) mass is 378 g/mol. The number of benzene rings is 1. The second kappa shape index (κ2) is 8.67. The number of primary amides is 1. The Morgan fingerprint density at radius 2 is 1.86 bits per heavy atom. The molecule has 0 saturated heterocycles. The first-order valence-electron chi connectivity index (χ1n) is 8.55. The second-order valence-electron chi connectivity index (χ2n) is 5.97. The van der Waals surface area contributed by atoms with E-state index >= 15 is 0 Å². The number of aryl methyl sites for hydroxylation is 1. The fourth-order valence-electron chi connectivity index (χ4n) is 2.70. The molecule has 2 amide bonds. The number of nitrogens with zero attached hydrogens (tertiary/aromatic N) is 4. The molecule has 0 aliphatic rings. The molecule has 3 aromatic rings. The number of hydrogen-bond donors (Lipinski definition) is 2. The lowest BCUT2D eigenvalue weighted by Gasteiger charge is -2.16. The van der Waals surface area contributed by atoms with Crippen LogP contribution in [-0.2, 0) is 16.0 Å². The Bertz CT molecular complexity index is 972. The predicted octanol–water partition coefficient (Wildman–Crippen LogP) is 0.448. The number of nitrogens with two attached hydrogens (primary N) is 1. The maximum atomic E-state index is 12.7. The van der Waals surface area contributed by atoms with Gasteiger partial charge < -0.3 is 11.1 Å². The van der Waals surface area contributed by atoms with Crippen molar-refractivity contribution in [2.75, 3.05) is 0 Å². The summed E-state index contributed by atoms with van der Waals surface area (Å²) in [6.45, 7) is 0. The third kappa shape index (κ3) is 4.44. The minimum atomic E-state index is -1.09. The molecule has 0 spiro atoms. The van der Waals surface area contributed by atoms with Gasteiger partial charge in [-0.3, -0.25) is 14.4 Å². The van der Waals surface area contributed by atoms with Crippen LogP contribution < -0.4 is 11.1 Å². The third-order valence-electron chi connectivity index (χ3n) is 4.09. The molecule has 1 aromatic carbocycles. The smallest absolute Gasteiger partial charge is 0.287 e. The zero-order valence-electron chi connectivity index (χ0n) is 14.9. The summed E-state index contributed by atoms with van der Waals surface area (Å²) in [6.07, 6.45) is 5.02. The molecule has 1 atom stereocenters. The van der Waals surface area contributed by atoms with Gasteiger partial charge in [0.1, 0.15) is 12.0 Å². The van der Waals surface area contributed by atoms with E-state index in [9.17, 15) is 14.4 Å². The average Bonchev–Trinajstić information content (AvgIpc) is 3.22. The van der Waals surface area contributed by atoms with Crippen LogP contribution in [0.3, 0.4) is 0 Å². The quantitative estimate of drug-likeness (QED) is 0.547. The van der Waals surface area contributed by atoms with Gasteiger partial charge >= 0.3 is 0 Å². The molecular weight excluding hydrogens is 360 g/mol. The molecule has 0 saturated carbocycles. The zero-order chi connectivity index (χ0) is 19.9. The van der Waals surface area contributed by atoms with Gasteiger partial charge in [-0.05, 0) is 24.5 Å².